The van der Waals surface area contributed by atoms with Crippen molar-refractivity contribution in [3.63, 3.8) is 0 Å². The van der Waals surface area contributed by atoms with Crippen LogP contribution < -0.4 is 15.1 Å². The maximum atomic E-state index is 14.8. The molecule has 2 aromatic carbocycles. The molecule has 2 atom stereocenters. The van der Waals surface area contributed by atoms with E-state index in [0.29, 0.717) is 0 Å². The highest BCUT2D eigenvalue weighted by Gasteiger charge is 2.50. The molecule has 0 radical (unpaired) electrons. The fraction of sp³-hybridized carbons (Fsp3) is 0.312. The molecule has 1 saturated carbocycles. The van der Waals surface area contributed by atoms with E-state index >= 15 is 0 Å². The Morgan fingerprint density at radius 1 is 1.17 bits per heavy atom. The van der Waals surface area contributed by atoms with Crippen LogP contribution in [0.4, 0.5) is 29.5 Å². The number of ether oxygens (including phenoxy) is 1. The Bertz CT molecular complexity index is 1750. The lowest BCUT2D eigenvalue weighted by Crippen LogP contribution is -2.56. The molecule has 2 unspecified atom stereocenters. The second-order valence-electron chi connectivity index (χ2n) is 11.0. The molecule has 11 nitrogen and oxygen atoms in total. The first kappa shape index (κ1) is 33.2. The number of carbonyl (C=O) groups excluding carboxylic acids is 4. The summed E-state index contributed by atoms with van der Waals surface area (Å²) in [4.78, 5) is 62.2. The van der Waals surface area contributed by atoms with Gasteiger partial charge in [0.25, 0.3) is 11.8 Å². The number of halogens is 4. The second-order valence-corrected chi connectivity index (χ2v) is 11.4. The number of nitriles is 1. The molecule has 2 heterocycles. The quantitative estimate of drug-likeness (QED) is 0.312. The molecule has 47 heavy (non-hydrogen) atoms. The van der Waals surface area contributed by atoms with Crippen LogP contribution in [-0.2, 0) is 19.1 Å². The third kappa shape index (κ3) is 7.15. The number of hydrogen-bond acceptors (Lipinski definition) is 7. The van der Waals surface area contributed by atoms with E-state index in [9.17, 15) is 37.6 Å². The minimum absolute atomic E-state index is 0.0353. The van der Waals surface area contributed by atoms with Crippen LogP contribution in [0.15, 0.2) is 66.9 Å². The summed E-state index contributed by atoms with van der Waals surface area (Å²) in [6, 6.07) is 10.6. The van der Waals surface area contributed by atoms with E-state index in [1.165, 1.54) is 42.6 Å². The van der Waals surface area contributed by atoms with E-state index in [4.69, 9.17) is 16.3 Å². The average molecular weight is 669 g/mol. The normalized spacial score (nSPS) is 17.8. The molecular weight excluding hydrogens is 641 g/mol. The molecule has 244 valence electrons. The molecule has 1 saturated heterocycles. The molecule has 0 bridgehead atoms. The molecular formula is C32H28ClF3N6O5. The van der Waals surface area contributed by atoms with Crippen molar-refractivity contribution in [1.82, 2.24) is 15.2 Å². The number of nitrogens with zero attached hydrogens (tertiary/aromatic N) is 5. The lowest BCUT2D eigenvalue weighted by Gasteiger charge is -2.39. The first-order valence-corrected chi connectivity index (χ1v) is 14.9. The lowest BCUT2D eigenvalue weighted by molar-refractivity contribution is -0.143. The van der Waals surface area contributed by atoms with Gasteiger partial charge in [-0.05, 0) is 43.3 Å². The molecule has 2 fully saturated rings. The summed E-state index contributed by atoms with van der Waals surface area (Å²) in [5, 5.41) is 12.1. The lowest BCUT2D eigenvalue weighted by atomic mass is 9.87. The van der Waals surface area contributed by atoms with Crippen LogP contribution >= 0.6 is 11.6 Å². The summed E-state index contributed by atoms with van der Waals surface area (Å²) in [5.74, 6) is -6.37. The molecule has 2 aliphatic rings. The predicted molar refractivity (Wildman–Crippen MR) is 163 cm³/mol. The molecule has 5 rings (SSSR count). The third-order valence-corrected chi connectivity index (χ3v) is 8.02. The summed E-state index contributed by atoms with van der Waals surface area (Å²) >= 11 is 6.53. The number of amides is 4. The Kier molecular flexibility index (Phi) is 9.67. The minimum atomic E-state index is -2.96. The minimum Gasteiger partial charge on any atom is -0.465 e. The van der Waals surface area contributed by atoms with Gasteiger partial charge in [0.1, 0.15) is 30.3 Å². The van der Waals surface area contributed by atoms with Crippen LogP contribution in [-0.4, -0.2) is 71.4 Å². The maximum Gasteiger partial charge on any atom is 0.327 e. The number of hydrogen-bond donors (Lipinski definition) is 1. The number of benzene rings is 2. The van der Waals surface area contributed by atoms with Gasteiger partial charge < -0.3 is 15.0 Å². The van der Waals surface area contributed by atoms with Gasteiger partial charge >= 0.3 is 12.0 Å². The van der Waals surface area contributed by atoms with Crippen LogP contribution in [0.2, 0.25) is 5.02 Å². The highest BCUT2D eigenvalue weighted by Crippen LogP contribution is 2.39. The number of esters is 1. The topological polar surface area (TPSA) is 136 Å². The van der Waals surface area contributed by atoms with Gasteiger partial charge in [0.2, 0.25) is 5.91 Å². The van der Waals surface area contributed by atoms with Gasteiger partial charge in [-0.3, -0.25) is 24.2 Å². The zero-order valence-electron chi connectivity index (χ0n) is 24.9. The SMILES string of the molecule is CCOC(=O)CN1CC(C(=O)N(c2cccc(F)c2)C(C(=O)NC2CC(F)(F)C2)c2ccccc2Cl)N(c2cc(C#N)ccn2)C1=O. The number of aromatic nitrogens is 1. The fourth-order valence-electron chi connectivity index (χ4n) is 5.54. The van der Waals surface area contributed by atoms with Gasteiger partial charge in [-0.25, -0.2) is 22.9 Å². The summed E-state index contributed by atoms with van der Waals surface area (Å²) in [7, 11) is 0. The predicted octanol–water partition coefficient (Wildman–Crippen LogP) is 4.61. The summed E-state index contributed by atoms with van der Waals surface area (Å²) in [6.07, 6.45) is 0.0302. The number of rotatable bonds is 10. The number of urea groups is 1. The number of alkyl halides is 2. The van der Waals surface area contributed by atoms with Crippen molar-refractivity contribution < 1.29 is 37.1 Å². The van der Waals surface area contributed by atoms with E-state index in [1.54, 1.807) is 19.1 Å². The Labute approximate surface area is 272 Å². The van der Waals surface area contributed by atoms with E-state index in [-0.39, 0.29) is 34.3 Å². The van der Waals surface area contributed by atoms with Crippen molar-refractivity contribution in [2.24, 2.45) is 0 Å². The zero-order chi connectivity index (χ0) is 33.9. The summed E-state index contributed by atoms with van der Waals surface area (Å²) in [5.41, 5.74) is 0.105. The van der Waals surface area contributed by atoms with Crippen molar-refractivity contribution in [3.8, 4) is 6.07 Å². The van der Waals surface area contributed by atoms with Crippen LogP contribution in [0, 0.1) is 17.1 Å². The van der Waals surface area contributed by atoms with Crippen molar-refractivity contribution in [2.75, 3.05) is 29.5 Å². The molecule has 15 heteroatoms. The smallest absolute Gasteiger partial charge is 0.327 e. The van der Waals surface area contributed by atoms with Crippen LogP contribution in [0.1, 0.15) is 36.9 Å². The molecule has 1 aliphatic heterocycles. The van der Waals surface area contributed by atoms with E-state index in [0.717, 1.165) is 26.8 Å². The first-order chi connectivity index (χ1) is 22.4. The third-order valence-electron chi connectivity index (χ3n) is 7.68. The number of anilines is 2. The van der Waals surface area contributed by atoms with Gasteiger partial charge in [0.05, 0.1) is 24.8 Å². The maximum absolute atomic E-state index is 14.8. The van der Waals surface area contributed by atoms with Crippen molar-refractivity contribution in [3.05, 3.63) is 88.8 Å². The fourth-order valence-corrected chi connectivity index (χ4v) is 5.78. The molecule has 4 amide bonds. The molecule has 3 aromatic rings. The number of carbonyl (C=O) groups is 4. The highest BCUT2D eigenvalue weighted by atomic mass is 35.5. The molecule has 1 N–H and O–H groups in total. The van der Waals surface area contributed by atoms with E-state index in [2.05, 4.69) is 10.3 Å². The first-order valence-electron chi connectivity index (χ1n) is 14.5. The second kappa shape index (κ2) is 13.7. The monoisotopic (exact) mass is 668 g/mol. The summed E-state index contributed by atoms with van der Waals surface area (Å²) < 4.78 is 47.2. The standard InChI is InChI=1S/C32H28ClF3N6O5/c1-2-47-27(43)18-40-17-25(42(31(40)46)26-12-19(16-37)10-11-38-26)30(45)41(22-7-5-6-20(34)13-22)28(23-8-3-4-9-24(23)33)29(44)39-21-14-32(35,36)15-21/h3-13,21,25,28H,2,14-15,17-18H2,1H3,(H,39,44). The van der Waals surface area contributed by atoms with E-state index < -0.39 is 79.6 Å². The van der Waals surface area contributed by atoms with Crippen LogP contribution in [0.25, 0.3) is 0 Å². The highest BCUT2D eigenvalue weighted by molar-refractivity contribution is 6.31. The number of nitrogens with one attached hydrogen (secondary N) is 1. The molecule has 1 aliphatic carbocycles. The van der Waals surface area contributed by atoms with Gasteiger partial charge in [0.15, 0.2) is 0 Å². The molecule has 0 spiro atoms. The largest absolute Gasteiger partial charge is 0.465 e. The Balaban J connectivity index is 1.63. The molecule has 1 aromatic heterocycles. The van der Waals surface area contributed by atoms with Gasteiger partial charge in [-0.15, -0.1) is 0 Å². The Morgan fingerprint density at radius 2 is 1.91 bits per heavy atom. The number of pyridine rings is 1. The summed E-state index contributed by atoms with van der Waals surface area (Å²) in [6.45, 7) is 0.691. The Hall–Kier alpha value is -5.16. The van der Waals surface area contributed by atoms with Gasteiger partial charge in [0, 0.05) is 41.4 Å². The van der Waals surface area contributed by atoms with E-state index in [1.807, 2.05) is 6.07 Å². The van der Waals surface area contributed by atoms with Gasteiger partial charge in [-0.2, -0.15) is 5.26 Å². The average Bonchev–Trinajstić information content (AvgIpc) is 3.34. The van der Waals surface area contributed by atoms with Gasteiger partial charge in [-0.1, -0.05) is 35.9 Å². The van der Waals surface area contributed by atoms with Crippen LogP contribution in [0.5, 0.6) is 0 Å². The zero-order valence-corrected chi connectivity index (χ0v) is 25.7. The Morgan fingerprint density at radius 3 is 2.57 bits per heavy atom. The van der Waals surface area contributed by atoms with Crippen molar-refractivity contribution >= 4 is 46.9 Å². The van der Waals surface area contributed by atoms with Crippen molar-refractivity contribution in [2.45, 2.75) is 43.8 Å². The van der Waals surface area contributed by atoms with Crippen molar-refractivity contribution in [1.29, 1.82) is 5.26 Å². The van der Waals surface area contributed by atoms with Crippen LogP contribution in [0.3, 0.4) is 0 Å².